The Morgan fingerprint density at radius 2 is 2.14 bits per heavy atom. The summed E-state index contributed by atoms with van der Waals surface area (Å²) in [5.74, 6) is 0. The summed E-state index contributed by atoms with van der Waals surface area (Å²) in [6, 6.07) is 0. The Hall–Kier alpha value is -0.170. The van der Waals surface area contributed by atoms with Crippen LogP contribution < -0.4 is 0 Å². The molecular formula is C6H10S. The topological polar surface area (TPSA) is 0 Å². The molecule has 40 valence electrons. The first-order chi connectivity index (χ1) is 3.27. The van der Waals surface area contributed by atoms with E-state index in [-0.39, 0.29) is 0 Å². The fraction of sp³-hybridized carbons (Fsp3) is 0.333. The molecule has 0 saturated heterocycles. The van der Waals surface area contributed by atoms with E-state index in [0.29, 0.717) is 0 Å². The summed E-state index contributed by atoms with van der Waals surface area (Å²) in [5, 5.41) is 0. The Morgan fingerprint density at radius 3 is 2.29 bits per heavy atom. The molecule has 0 N–H and O–H groups in total. The molecule has 0 bridgehead atoms. The molecule has 7 heavy (non-hydrogen) atoms. The van der Waals surface area contributed by atoms with Crippen molar-refractivity contribution < 1.29 is 0 Å². The van der Waals surface area contributed by atoms with Gasteiger partial charge in [-0.1, -0.05) is 18.2 Å². The first kappa shape index (κ1) is 6.83. The molecule has 0 nitrogen and oxygen atoms in total. The molecule has 0 fully saturated rings. The average molecular weight is 114 g/mol. The Kier molecular flexibility index (Phi) is 3.90. The van der Waals surface area contributed by atoms with Crippen molar-refractivity contribution in [3.05, 3.63) is 23.1 Å². The van der Waals surface area contributed by atoms with Crippen LogP contribution in [0.15, 0.2) is 23.1 Å². The zero-order valence-corrected chi connectivity index (χ0v) is 5.57. The Morgan fingerprint density at radius 1 is 1.57 bits per heavy atom. The van der Waals surface area contributed by atoms with Crippen LogP contribution in [0.2, 0.25) is 0 Å². The second kappa shape index (κ2) is 4.00. The van der Waals surface area contributed by atoms with Crippen LogP contribution in [0.5, 0.6) is 0 Å². The summed E-state index contributed by atoms with van der Waals surface area (Å²) in [5.41, 5.74) is 0. The van der Waals surface area contributed by atoms with E-state index < -0.39 is 0 Å². The lowest BCUT2D eigenvalue weighted by molar-refractivity contribution is 1.65. The molecule has 0 aromatic heterocycles. The second-order valence-electron chi connectivity index (χ2n) is 1.33. The third kappa shape index (κ3) is 5.83. The molecule has 0 rings (SSSR count). The highest BCUT2D eigenvalue weighted by molar-refractivity contribution is 7.84. The molecular weight excluding hydrogens is 104 g/mol. The van der Waals surface area contributed by atoms with Gasteiger partial charge in [0.15, 0.2) is 0 Å². The number of rotatable bonds is 1. The van der Waals surface area contributed by atoms with Crippen molar-refractivity contribution in [1.29, 1.82) is 0 Å². The van der Waals surface area contributed by atoms with Crippen molar-refractivity contribution in [1.82, 2.24) is 0 Å². The third-order valence-corrected chi connectivity index (χ3v) is 0.679. The Labute approximate surface area is 50.3 Å². The lowest BCUT2D eigenvalue weighted by Gasteiger charge is -1.77. The fourth-order valence-corrected chi connectivity index (χ4v) is 0.322. The maximum Gasteiger partial charge on any atom is -0.0215 e. The largest absolute Gasteiger partial charge is 0.148 e. The van der Waals surface area contributed by atoms with Crippen molar-refractivity contribution in [2.24, 2.45) is 0 Å². The van der Waals surface area contributed by atoms with E-state index in [1.807, 2.05) is 32.1 Å². The summed E-state index contributed by atoms with van der Waals surface area (Å²) in [6.45, 7) is 3.93. The van der Waals surface area contributed by atoms with E-state index in [1.165, 1.54) is 0 Å². The molecule has 1 heteroatoms. The van der Waals surface area contributed by atoms with Gasteiger partial charge in [0, 0.05) is 0 Å². The van der Waals surface area contributed by atoms with Crippen LogP contribution in [0, 0.1) is 0 Å². The quantitative estimate of drug-likeness (QED) is 0.393. The number of hydrogen-bond acceptors (Lipinski definition) is 1. The van der Waals surface area contributed by atoms with E-state index in [2.05, 4.69) is 12.6 Å². The van der Waals surface area contributed by atoms with E-state index >= 15 is 0 Å². The average Bonchev–Trinajstić information content (AvgIpc) is 1.61. The highest BCUT2D eigenvalue weighted by atomic mass is 32.1. The lowest BCUT2D eigenvalue weighted by atomic mass is 10.5. The van der Waals surface area contributed by atoms with Crippen LogP contribution in [0.1, 0.15) is 13.8 Å². The van der Waals surface area contributed by atoms with Gasteiger partial charge in [0.1, 0.15) is 0 Å². The Bertz CT molecular complexity index is 86.4. The smallest absolute Gasteiger partial charge is 0.0215 e. The molecule has 0 saturated carbocycles. The van der Waals surface area contributed by atoms with Crippen LogP contribution in [0.3, 0.4) is 0 Å². The second-order valence-corrected chi connectivity index (χ2v) is 2.04. The van der Waals surface area contributed by atoms with Gasteiger partial charge in [-0.25, -0.2) is 0 Å². The molecule has 0 atom stereocenters. The molecule has 0 heterocycles. The maximum atomic E-state index is 4.04. The van der Waals surface area contributed by atoms with Gasteiger partial charge < -0.3 is 0 Å². The SMILES string of the molecule is C/C=C\C=C(\C)S. The van der Waals surface area contributed by atoms with E-state index in [1.54, 1.807) is 0 Å². The minimum atomic E-state index is 1.04. The zero-order valence-electron chi connectivity index (χ0n) is 4.68. The van der Waals surface area contributed by atoms with Crippen molar-refractivity contribution in [2.75, 3.05) is 0 Å². The van der Waals surface area contributed by atoms with Gasteiger partial charge in [0.2, 0.25) is 0 Å². The molecule has 0 aliphatic heterocycles. The monoisotopic (exact) mass is 114 g/mol. The van der Waals surface area contributed by atoms with Crippen LogP contribution in [0.4, 0.5) is 0 Å². The van der Waals surface area contributed by atoms with Crippen LogP contribution in [0.25, 0.3) is 0 Å². The first-order valence-corrected chi connectivity index (χ1v) is 2.70. The third-order valence-electron chi connectivity index (χ3n) is 0.530. The van der Waals surface area contributed by atoms with Crippen LogP contribution in [-0.4, -0.2) is 0 Å². The summed E-state index contributed by atoms with van der Waals surface area (Å²) in [7, 11) is 0. The minimum absolute atomic E-state index is 1.04. The van der Waals surface area contributed by atoms with Gasteiger partial charge in [-0.05, 0) is 18.8 Å². The summed E-state index contributed by atoms with van der Waals surface area (Å²) >= 11 is 4.04. The van der Waals surface area contributed by atoms with Gasteiger partial charge in [-0.15, -0.1) is 12.6 Å². The van der Waals surface area contributed by atoms with E-state index in [4.69, 9.17) is 0 Å². The maximum absolute atomic E-state index is 4.04. The van der Waals surface area contributed by atoms with E-state index in [9.17, 15) is 0 Å². The van der Waals surface area contributed by atoms with Crippen molar-refractivity contribution in [3.8, 4) is 0 Å². The lowest BCUT2D eigenvalue weighted by Crippen LogP contribution is -1.51. The predicted molar refractivity (Wildman–Crippen MR) is 37.6 cm³/mol. The normalized spacial score (nSPS) is 13.3. The number of allylic oxidation sites excluding steroid dienone is 4. The molecule has 0 spiro atoms. The van der Waals surface area contributed by atoms with Gasteiger partial charge in [0.25, 0.3) is 0 Å². The molecule has 0 unspecified atom stereocenters. The summed E-state index contributed by atoms with van der Waals surface area (Å²) < 4.78 is 0. The van der Waals surface area contributed by atoms with Gasteiger partial charge >= 0.3 is 0 Å². The standard InChI is InChI=1S/C6H10S/c1-3-4-5-6(2)7/h3-5,7H,1-2H3/b4-3-,6-5-. The van der Waals surface area contributed by atoms with Gasteiger partial charge in [-0.3, -0.25) is 0 Å². The molecule has 0 aromatic carbocycles. The number of thiol groups is 1. The predicted octanol–water partition coefficient (Wildman–Crippen LogP) is 2.40. The Balaban J connectivity index is 3.46. The molecule has 0 amide bonds. The van der Waals surface area contributed by atoms with Crippen LogP contribution >= 0.6 is 12.6 Å². The van der Waals surface area contributed by atoms with Gasteiger partial charge in [-0.2, -0.15) is 0 Å². The highest BCUT2D eigenvalue weighted by Crippen LogP contribution is 1.95. The molecule has 0 aliphatic carbocycles. The van der Waals surface area contributed by atoms with Crippen molar-refractivity contribution >= 4 is 12.6 Å². The molecule has 0 aromatic rings. The molecule has 0 aliphatic rings. The summed E-state index contributed by atoms with van der Waals surface area (Å²) in [6.07, 6.45) is 5.88. The highest BCUT2D eigenvalue weighted by Gasteiger charge is 1.66. The first-order valence-electron chi connectivity index (χ1n) is 2.26. The summed E-state index contributed by atoms with van der Waals surface area (Å²) in [4.78, 5) is 1.04. The fourth-order valence-electron chi connectivity index (χ4n) is 0.235. The van der Waals surface area contributed by atoms with Gasteiger partial charge in [0.05, 0.1) is 0 Å². The number of hydrogen-bond donors (Lipinski definition) is 1. The minimum Gasteiger partial charge on any atom is -0.148 e. The van der Waals surface area contributed by atoms with Crippen molar-refractivity contribution in [2.45, 2.75) is 13.8 Å². The zero-order chi connectivity index (χ0) is 5.70. The van der Waals surface area contributed by atoms with Crippen LogP contribution in [-0.2, 0) is 0 Å². The molecule has 0 radical (unpaired) electrons. The van der Waals surface area contributed by atoms with E-state index in [0.717, 1.165) is 4.91 Å². The van der Waals surface area contributed by atoms with Crippen molar-refractivity contribution in [3.63, 3.8) is 0 Å².